The second kappa shape index (κ2) is 6.78. The van der Waals surface area contributed by atoms with Crippen molar-refractivity contribution in [3.05, 3.63) is 30.1 Å². The maximum absolute atomic E-state index is 11.9. The molecule has 3 N–H and O–H groups in total. The third kappa shape index (κ3) is 3.33. The molecule has 0 saturated carbocycles. The quantitative estimate of drug-likeness (QED) is 0.783. The number of hydrogen-bond acceptors (Lipinski definition) is 5. The molecule has 6 nitrogen and oxygen atoms in total. The van der Waals surface area contributed by atoms with Gasteiger partial charge in [-0.1, -0.05) is 0 Å². The van der Waals surface area contributed by atoms with E-state index in [1.165, 1.54) is 5.56 Å². The van der Waals surface area contributed by atoms with Gasteiger partial charge in [0.15, 0.2) is 0 Å². The highest BCUT2D eigenvalue weighted by atomic mass is 16.3. The number of piperazine rings is 1. The summed E-state index contributed by atoms with van der Waals surface area (Å²) in [6.07, 6.45) is 3.59. The van der Waals surface area contributed by atoms with Gasteiger partial charge in [0.2, 0.25) is 5.91 Å². The van der Waals surface area contributed by atoms with E-state index in [9.17, 15) is 4.79 Å². The maximum atomic E-state index is 11.9. The standard InChI is InChI=1S/C14H22N4O2/c1-11(12-2-4-16-5-3-12)17-6-8-18(9-7-17)14(20)13(15)10-19/h2-5,11,13,19H,6-10,15H2,1H3. The van der Waals surface area contributed by atoms with Crippen LogP contribution in [0.4, 0.5) is 0 Å². The minimum atomic E-state index is -0.792. The van der Waals surface area contributed by atoms with E-state index in [0.29, 0.717) is 19.1 Å². The Kier molecular flexibility index (Phi) is 5.05. The molecule has 0 spiro atoms. The molecule has 20 heavy (non-hydrogen) atoms. The van der Waals surface area contributed by atoms with E-state index in [1.54, 1.807) is 17.3 Å². The van der Waals surface area contributed by atoms with Crippen LogP contribution in [0.3, 0.4) is 0 Å². The number of carbonyl (C=O) groups excluding carboxylic acids is 1. The van der Waals surface area contributed by atoms with E-state index in [-0.39, 0.29) is 12.5 Å². The molecular formula is C14H22N4O2. The minimum Gasteiger partial charge on any atom is -0.394 e. The predicted octanol–water partition coefficient (Wildman–Crippen LogP) is -0.394. The second-order valence-electron chi connectivity index (χ2n) is 5.11. The van der Waals surface area contributed by atoms with Gasteiger partial charge in [-0.15, -0.1) is 0 Å². The summed E-state index contributed by atoms with van der Waals surface area (Å²) < 4.78 is 0. The van der Waals surface area contributed by atoms with E-state index in [2.05, 4.69) is 16.8 Å². The molecule has 2 unspecified atom stereocenters. The zero-order valence-electron chi connectivity index (χ0n) is 11.8. The highest BCUT2D eigenvalue weighted by Gasteiger charge is 2.27. The fraction of sp³-hybridized carbons (Fsp3) is 0.571. The molecule has 1 aliphatic heterocycles. The van der Waals surface area contributed by atoms with E-state index >= 15 is 0 Å². The molecule has 0 aliphatic carbocycles. The van der Waals surface area contributed by atoms with Gasteiger partial charge in [0.1, 0.15) is 6.04 Å². The van der Waals surface area contributed by atoms with Crippen molar-refractivity contribution in [2.24, 2.45) is 5.73 Å². The molecule has 1 aromatic heterocycles. The first-order valence-corrected chi connectivity index (χ1v) is 6.92. The fourth-order valence-electron chi connectivity index (χ4n) is 2.49. The molecule has 2 atom stereocenters. The Balaban J connectivity index is 1.90. The lowest BCUT2D eigenvalue weighted by molar-refractivity contribution is -0.135. The molecule has 1 aliphatic rings. The highest BCUT2D eigenvalue weighted by molar-refractivity contribution is 5.81. The van der Waals surface area contributed by atoms with Crippen molar-refractivity contribution < 1.29 is 9.90 Å². The molecule has 0 aromatic carbocycles. The molecule has 1 aromatic rings. The molecule has 0 radical (unpaired) electrons. The van der Waals surface area contributed by atoms with E-state index in [0.717, 1.165) is 13.1 Å². The molecule has 2 heterocycles. The van der Waals surface area contributed by atoms with E-state index < -0.39 is 6.04 Å². The van der Waals surface area contributed by atoms with Crippen molar-refractivity contribution in [3.8, 4) is 0 Å². The summed E-state index contributed by atoms with van der Waals surface area (Å²) >= 11 is 0. The first-order valence-electron chi connectivity index (χ1n) is 6.92. The molecule has 6 heteroatoms. The van der Waals surface area contributed by atoms with Gasteiger partial charge >= 0.3 is 0 Å². The summed E-state index contributed by atoms with van der Waals surface area (Å²) in [5.74, 6) is -0.163. The summed E-state index contributed by atoms with van der Waals surface area (Å²) in [6.45, 7) is 4.80. The van der Waals surface area contributed by atoms with Crippen LogP contribution in [-0.4, -0.2) is 64.6 Å². The number of carbonyl (C=O) groups is 1. The van der Waals surface area contributed by atoms with Gasteiger partial charge in [-0.3, -0.25) is 14.7 Å². The fourth-order valence-corrected chi connectivity index (χ4v) is 2.49. The number of nitrogens with two attached hydrogens (primary N) is 1. The summed E-state index contributed by atoms with van der Waals surface area (Å²) in [4.78, 5) is 20.0. The molecule has 110 valence electrons. The van der Waals surface area contributed by atoms with E-state index in [1.807, 2.05) is 12.1 Å². The molecule has 1 fully saturated rings. The van der Waals surface area contributed by atoms with Gasteiger partial charge in [0.25, 0.3) is 0 Å². The average molecular weight is 278 g/mol. The van der Waals surface area contributed by atoms with Crippen molar-refractivity contribution in [1.82, 2.24) is 14.8 Å². The van der Waals surface area contributed by atoms with Gasteiger partial charge in [0, 0.05) is 44.6 Å². The molecule has 0 bridgehead atoms. The van der Waals surface area contributed by atoms with Crippen LogP contribution in [-0.2, 0) is 4.79 Å². The van der Waals surface area contributed by atoms with Crippen LogP contribution in [0.2, 0.25) is 0 Å². The Morgan fingerprint density at radius 3 is 2.50 bits per heavy atom. The number of aromatic nitrogens is 1. The summed E-state index contributed by atoms with van der Waals surface area (Å²) in [6, 6.07) is 3.55. The number of amides is 1. The van der Waals surface area contributed by atoms with Crippen LogP contribution in [0.5, 0.6) is 0 Å². The first kappa shape index (κ1) is 14.9. The largest absolute Gasteiger partial charge is 0.394 e. The van der Waals surface area contributed by atoms with Crippen molar-refractivity contribution in [3.63, 3.8) is 0 Å². The van der Waals surface area contributed by atoms with Crippen molar-refractivity contribution in [2.75, 3.05) is 32.8 Å². The Morgan fingerprint density at radius 2 is 1.95 bits per heavy atom. The summed E-state index contributed by atoms with van der Waals surface area (Å²) in [5, 5.41) is 8.94. The number of hydrogen-bond donors (Lipinski definition) is 2. The number of aliphatic hydroxyl groups is 1. The van der Waals surface area contributed by atoms with Crippen molar-refractivity contribution >= 4 is 5.91 Å². The predicted molar refractivity (Wildman–Crippen MR) is 75.9 cm³/mol. The zero-order chi connectivity index (χ0) is 14.5. The topological polar surface area (TPSA) is 82.7 Å². The Bertz CT molecular complexity index is 432. The summed E-state index contributed by atoms with van der Waals surface area (Å²) in [7, 11) is 0. The highest BCUT2D eigenvalue weighted by Crippen LogP contribution is 2.20. The lowest BCUT2D eigenvalue weighted by Gasteiger charge is -2.38. The smallest absolute Gasteiger partial charge is 0.241 e. The Morgan fingerprint density at radius 1 is 1.35 bits per heavy atom. The molecule has 1 amide bonds. The third-order valence-electron chi connectivity index (χ3n) is 3.88. The normalized spacial score (nSPS) is 19.6. The van der Waals surface area contributed by atoms with Crippen LogP contribution >= 0.6 is 0 Å². The number of nitrogens with zero attached hydrogens (tertiary/aromatic N) is 3. The van der Waals surface area contributed by atoms with Gasteiger partial charge in [-0.05, 0) is 24.6 Å². The van der Waals surface area contributed by atoms with Crippen LogP contribution in [0.25, 0.3) is 0 Å². The monoisotopic (exact) mass is 278 g/mol. The second-order valence-corrected chi connectivity index (χ2v) is 5.11. The number of aliphatic hydroxyl groups excluding tert-OH is 1. The SMILES string of the molecule is CC(c1ccncc1)N1CCN(C(=O)C(N)CO)CC1. The third-order valence-corrected chi connectivity index (χ3v) is 3.88. The van der Waals surface area contributed by atoms with Crippen LogP contribution < -0.4 is 5.73 Å². The Labute approximate surface area is 119 Å². The maximum Gasteiger partial charge on any atom is 0.241 e. The van der Waals surface area contributed by atoms with E-state index in [4.69, 9.17) is 10.8 Å². The lowest BCUT2D eigenvalue weighted by atomic mass is 10.1. The van der Waals surface area contributed by atoms with Crippen LogP contribution in [0.1, 0.15) is 18.5 Å². The van der Waals surface area contributed by atoms with Gasteiger partial charge in [0.05, 0.1) is 6.61 Å². The number of pyridine rings is 1. The van der Waals surface area contributed by atoms with Gasteiger partial charge in [-0.25, -0.2) is 0 Å². The molecule has 2 rings (SSSR count). The van der Waals surface area contributed by atoms with Gasteiger partial charge < -0.3 is 15.7 Å². The molecular weight excluding hydrogens is 256 g/mol. The van der Waals surface area contributed by atoms with Crippen molar-refractivity contribution in [1.29, 1.82) is 0 Å². The first-order chi connectivity index (χ1) is 9.63. The van der Waals surface area contributed by atoms with Gasteiger partial charge in [-0.2, -0.15) is 0 Å². The minimum absolute atomic E-state index is 0.163. The summed E-state index contributed by atoms with van der Waals surface area (Å²) in [5.41, 5.74) is 6.80. The lowest BCUT2D eigenvalue weighted by Crippen LogP contribution is -2.54. The zero-order valence-corrected chi connectivity index (χ0v) is 11.8. The Hall–Kier alpha value is -1.50. The number of rotatable bonds is 4. The van der Waals surface area contributed by atoms with Crippen LogP contribution in [0, 0.1) is 0 Å². The van der Waals surface area contributed by atoms with Crippen molar-refractivity contribution in [2.45, 2.75) is 19.0 Å². The van der Waals surface area contributed by atoms with Crippen LogP contribution in [0.15, 0.2) is 24.5 Å². The average Bonchev–Trinajstić information content (AvgIpc) is 2.53. The molecule has 1 saturated heterocycles.